The van der Waals surface area contributed by atoms with Crippen LogP contribution in [0.5, 0.6) is 0 Å². The van der Waals surface area contributed by atoms with Crippen LogP contribution in [0.2, 0.25) is 5.02 Å². The van der Waals surface area contributed by atoms with Gasteiger partial charge >= 0.3 is 24.6 Å². The normalized spacial score (nSPS) is 13.7. The summed E-state index contributed by atoms with van der Waals surface area (Å²) in [6, 6.07) is 14.0. The minimum atomic E-state index is -5.18. The number of rotatable bonds is 6. The van der Waals surface area contributed by atoms with E-state index in [-0.39, 0.29) is 28.8 Å². The Hall–Kier alpha value is -4.26. The average Bonchev–Trinajstić information content (AvgIpc) is 2.92. The smallest absolute Gasteiger partial charge is 0.322 e. The monoisotopic (exact) mass is 631 g/mol. The zero-order valence-corrected chi connectivity index (χ0v) is 22.3. The number of amides is 2. The van der Waals surface area contributed by atoms with E-state index in [0.29, 0.717) is 17.7 Å². The second kappa shape index (κ2) is 11.8. The molecule has 1 heterocycles. The number of nitrogens with zero attached hydrogens (tertiary/aromatic N) is 1. The molecule has 2 amide bonds. The number of carbonyl (C=O) groups is 1. The Kier molecular flexibility index (Phi) is 8.68. The van der Waals surface area contributed by atoms with Gasteiger partial charge in [-0.15, -0.1) is 0 Å². The van der Waals surface area contributed by atoms with Crippen LogP contribution in [-0.2, 0) is 30.5 Å². The van der Waals surface area contributed by atoms with Gasteiger partial charge in [-0.3, -0.25) is 4.98 Å². The summed E-state index contributed by atoms with van der Waals surface area (Å²) >= 11 is 5.97. The van der Waals surface area contributed by atoms with E-state index in [0.717, 1.165) is 18.2 Å². The maximum Gasteiger partial charge on any atom is 0.416 e. The van der Waals surface area contributed by atoms with Gasteiger partial charge in [-0.05, 0) is 53.6 Å². The zero-order valence-electron chi connectivity index (χ0n) is 21.5. The van der Waals surface area contributed by atoms with Crippen molar-refractivity contribution in [2.75, 3.05) is 5.32 Å². The van der Waals surface area contributed by atoms with Crippen LogP contribution in [0.3, 0.4) is 0 Å². The molecule has 14 heteroatoms. The number of hydrogen-bond donors (Lipinski definition) is 2. The highest BCUT2D eigenvalue weighted by molar-refractivity contribution is 6.30. The van der Waals surface area contributed by atoms with Gasteiger partial charge in [-0.2, -0.15) is 39.5 Å². The quantitative estimate of drug-likeness (QED) is 0.209. The highest BCUT2D eigenvalue weighted by atomic mass is 35.5. The van der Waals surface area contributed by atoms with Gasteiger partial charge < -0.3 is 10.6 Å². The summed E-state index contributed by atoms with van der Waals surface area (Å²) in [7, 11) is 0. The van der Waals surface area contributed by atoms with Crippen LogP contribution >= 0.6 is 11.6 Å². The third kappa shape index (κ3) is 7.58. The molecule has 0 spiro atoms. The number of urea groups is 1. The number of aromatic nitrogens is 1. The van der Waals surface area contributed by atoms with Crippen molar-refractivity contribution in [1.82, 2.24) is 10.3 Å². The highest BCUT2D eigenvalue weighted by Gasteiger charge is 2.41. The Balaban J connectivity index is 1.87. The first-order valence-electron chi connectivity index (χ1n) is 12.2. The van der Waals surface area contributed by atoms with Crippen molar-refractivity contribution in [2.45, 2.75) is 30.5 Å². The number of halogens is 10. The maximum atomic E-state index is 13.7. The molecule has 0 saturated heterocycles. The lowest BCUT2D eigenvalue weighted by atomic mass is 9.80. The molecule has 1 atom stereocenters. The van der Waals surface area contributed by atoms with Crippen LogP contribution in [0.1, 0.15) is 33.5 Å². The molecule has 1 unspecified atom stereocenters. The second-order valence-electron chi connectivity index (χ2n) is 9.38. The number of pyridine rings is 1. The van der Waals surface area contributed by atoms with Crippen molar-refractivity contribution in [2.24, 2.45) is 0 Å². The molecule has 0 aliphatic rings. The zero-order chi connectivity index (χ0) is 31.6. The Morgan fingerprint density at radius 2 is 1.23 bits per heavy atom. The van der Waals surface area contributed by atoms with E-state index >= 15 is 0 Å². The summed E-state index contributed by atoms with van der Waals surface area (Å²) in [4.78, 5) is 17.6. The molecule has 1 aromatic heterocycles. The van der Waals surface area contributed by atoms with E-state index in [1.165, 1.54) is 24.4 Å². The third-order valence-electron chi connectivity index (χ3n) is 6.33. The van der Waals surface area contributed by atoms with E-state index < -0.39 is 52.5 Å². The van der Waals surface area contributed by atoms with Gasteiger partial charge in [0.25, 0.3) is 0 Å². The van der Waals surface area contributed by atoms with Gasteiger partial charge in [-0.25, -0.2) is 4.79 Å². The summed E-state index contributed by atoms with van der Waals surface area (Å²) in [6.07, 6.45) is -14.2. The van der Waals surface area contributed by atoms with E-state index in [1.54, 1.807) is 30.3 Å². The number of carbonyl (C=O) groups excluding carboxylic acids is 1. The van der Waals surface area contributed by atoms with Gasteiger partial charge in [0.05, 0.1) is 27.4 Å². The molecular weight excluding hydrogens is 613 g/mol. The summed E-state index contributed by atoms with van der Waals surface area (Å²) < 4.78 is 122. The molecule has 0 radical (unpaired) electrons. The largest absolute Gasteiger partial charge is 0.416 e. The Bertz CT molecular complexity index is 1560. The van der Waals surface area contributed by atoms with Crippen molar-refractivity contribution in [3.8, 4) is 0 Å². The van der Waals surface area contributed by atoms with Crippen LogP contribution in [0.15, 0.2) is 91.1 Å². The molecule has 0 bridgehead atoms. The number of anilines is 1. The van der Waals surface area contributed by atoms with Crippen molar-refractivity contribution < 1.29 is 44.3 Å². The lowest BCUT2D eigenvalue weighted by Gasteiger charge is -2.36. The standard InChI is InChI=1S/C29H19ClF9N3O/c30-22-9-10-24(40-16-22)26(15-17-5-2-1-3-6-17,18-7-4-8-19(11-18)27(31,32)33)42-25(43)41-23-13-20(28(34,35)36)12-21(14-23)29(37,38)39/h1-14,16H,15H2,(H2,41,42,43). The topological polar surface area (TPSA) is 54.0 Å². The summed E-state index contributed by atoms with van der Waals surface area (Å²) in [6.45, 7) is 0. The van der Waals surface area contributed by atoms with Gasteiger partial charge in [0.1, 0.15) is 5.54 Å². The van der Waals surface area contributed by atoms with Crippen LogP contribution in [0.25, 0.3) is 0 Å². The van der Waals surface area contributed by atoms with E-state index in [1.807, 2.05) is 5.32 Å². The Morgan fingerprint density at radius 1 is 0.674 bits per heavy atom. The molecule has 0 aliphatic carbocycles. The van der Waals surface area contributed by atoms with Gasteiger partial charge in [0, 0.05) is 18.3 Å². The predicted octanol–water partition coefficient (Wildman–Crippen LogP) is 9.10. The van der Waals surface area contributed by atoms with Gasteiger partial charge in [0.2, 0.25) is 0 Å². The second-order valence-corrected chi connectivity index (χ2v) is 9.82. The number of alkyl halides is 9. The molecule has 43 heavy (non-hydrogen) atoms. The molecule has 3 aromatic carbocycles. The lowest BCUT2D eigenvalue weighted by molar-refractivity contribution is -0.143. The Labute approximate surface area is 243 Å². The molecule has 0 saturated carbocycles. The predicted molar refractivity (Wildman–Crippen MR) is 140 cm³/mol. The average molecular weight is 632 g/mol. The first-order valence-corrected chi connectivity index (χ1v) is 12.6. The highest BCUT2D eigenvalue weighted by Crippen LogP contribution is 2.39. The molecule has 4 aromatic rings. The molecule has 4 rings (SSSR count). The van der Waals surface area contributed by atoms with Crippen LogP contribution < -0.4 is 10.6 Å². The fraction of sp³-hybridized carbons (Fsp3) is 0.172. The molecular formula is C29H19ClF9N3O. The van der Waals surface area contributed by atoms with Crippen LogP contribution in [0.4, 0.5) is 50.0 Å². The number of benzene rings is 3. The number of hydrogen-bond acceptors (Lipinski definition) is 2. The summed E-state index contributed by atoms with van der Waals surface area (Å²) in [5, 5.41) is 4.61. The van der Waals surface area contributed by atoms with Crippen molar-refractivity contribution in [1.29, 1.82) is 0 Å². The fourth-order valence-electron chi connectivity index (χ4n) is 4.40. The minimum absolute atomic E-state index is 0.0183. The molecule has 4 nitrogen and oxygen atoms in total. The van der Waals surface area contributed by atoms with Crippen molar-refractivity contribution >= 4 is 23.3 Å². The third-order valence-corrected chi connectivity index (χ3v) is 6.56. The minimum Gasteiger partial charge on any atom is -0.322 e. The van der Waals surface area contributed by atoms with Crippen molar-refractivity contribution in [3.05, 3.63) is 130 Å². The lowest BCUT2D eigenvalue weighted by Crippen LogP contribution is -2.50. The van der Waals surface area contributed by atoms with Crippen LogP contribution in [-0.4, -0.2) is 11.0 Å². The van der Waals surface area contributed by atoms with E-state index in [2.05, 4.69) is 10.3 Å². The molecule has 226 valence electrons. The van der Waals surface area contributed by atoms with Crippen molar-refractivity contribution in [3.63, 3.8) is 0 Å². The molecule has 0 aliphatic heterocycles. The van der Waals surface area contributed by atoms with E-state index in [9.17, 15) is 44.3 Å². The first kappa shape index (κ1) is 31.7. The molecule has 0 fully saturated rings. The first-order chi connectivity index (χ1) is 20.0. The summed E-state index contributed by atoms with van der Waals surface area (Å²) in [5.74, 6) is 0. The number of nitrogens with one attached hydrogen (secondary N) is 2. The SMILES string of the molecule is O=C(Nc1cc(C(F)(F)F)cc(C(F)(F)F)c1)NC(Cc1ccccc1)(c1cccc(C(F)(F)F)c1)c1ccc(Cl)cn1. The van der Waals surface area contributed by atoms with Gasteiger partial charge in [-0.1, -0.05) is 54.1 Å². The van der Waals surface area contributed by atoms with E-state index in [4.69, 9.17) is 11.6 Å². The maximum absolute atomic E-state index is 13.7. The van der Waals surface area contributed by atoms with Gasteiger partial charge in [0.15, 0.2) is 0 Å². The summed E-state index contributed by atoms with van der Waals surface area (Å²) in [5.41, 5.74) is -6.86. The Morgan fingerprint density at radius 3 is 1.77 bits per heavy atom. The molecule has 2 N–H and O–H groups in total. The van der Waals surface area contributed by atoms with Crippen LogP contribution in [0, 0.1) is 0 Å². The fourth-order valence-corrected chi connectivity index (χ4v) is 4.51.